The molecule has 8 nitrogen and oxygen atoms in total. The van der Waals surface area contributed by atoms with Gasteiger partial charge in [0.1, 0.15) is 5.82 Å². The molecule has 1 aromatic carbocycles. The first-order valence-electron chi connectivity index (χ1n) is 7.35. The molecule has 0 amide bonds. The van der Waals surface area contributed by atoms with Crippen LogP contribution in [0.4, 0.5) is 9.18 Å². The van der Waals surface area contributed by atoms with Crippen molar-refractivity contribution in [2.45, 2.75) is 18.9 Å². The van der Waals surface area contributed by atoms with E-state index >= 15 is 0 Å². The third kappa shape index (κ3) is 3.10. The van der Waals surface area contributed by atoms with E-state index in [1.165, 1.54) is 25.1 Å². The largest absolute Gasteiger partial charge is 0.464 e. The van der Waals surface area contributed by atoms with Crippen LogP contribution in [-0.2, 0) is 9.84 Å². The molecule has 0 aliphatic carbocycles. The Morgan fingerprint density at radius 2 is 1.92 bits per heavy atom. The summed E-state index contributed by atoms with van der Waals surface area (Å²) < 4.78 is 44.4. The fourth-order valence-corrected chi connectivity index (χ4v) is 3.17. The third-order valence-corrected chi connectivity index (χ3v) is 4.61. The summed E-state index contributed by atoms with van der Waals surface area (Å²) in [6, 6.07) is 5.15. The Bertz CT molecular complexity index is 1150. The maximum atomic E-state index is 14.8. The van der Waals surface area contributed by atoms with Gasteiger partial charge in [0.05, 0.1) is 5.52 Å². The second kappa shape index (κ2) is 6.06. The van der Waals surface area contributed by atoms with Crippen LogP contribution in [0.15, 0.2) is 29.3 Å². The zero-order chi connectivity index (χ0) is 19.2. The van der Waals surface area contributed by atoms with Crippen LogP contribution in [0.3, 0.4) is 0 Å². The summed E-state index contributed by atoms with van der Waals surface area (Å²) in [4.78, 5) is 19.1. The molecule has 0 bridgehead atoms. The number of ether oxygens (including phenoxy) is 1. The smallest absolute Gasteiger partial charge is 0.416 e. The molecule has 0 atom stereocenters. The van der Waals surface area contributed by atoms with Crippen molar-refractivity contribution < 1.29 is 27.4 Å². The van der Waals surface area contributed by atoms with Crippen molar-refractivity contribution in [3.05, 3.63) is 41.6 Å². The van der Waals surface area contributed by atoms with E-state index in [0.717, 1.165) is 16.9 Å². The van der Waals surface area contributed by atoms with Crippen molar-refractivity contribution in [3.63, 3.8) is 0 Å². The number of aryl methyl sites for hydroxylation is 2. The van der Waals surface area contributed by atoms with Gasteiger partial charge in [-0.25, -0.2) is 27.2 Å². The second-order valence-corrected chi connectivity index (χ2v) is 7.64. The standard InChI is InChI=1S/C16H14FN3O5S/c1-8-6-10-11(20(8)16(21)22)4-5-12(15(10)17)25-13-7-14(26(3,23)24)19-9(2)18-13/h4-7H,1-3H3,(H,21,22). The average Bonchev–Trinajstić information content (AvgIpc) is 2.86. The minimum absolute atomic E-state index is 0.0662. The van der Waals surface area contributed by atoms with Crippen LogP contribution in [0.2, 0.25) is 0 Å². The normalized spacial score (nSPS) is 11.7. The summed E-state index contributed by atoms with van der Waals surface area (Å²) in [6.45, 7) is 3.03. The Labute approximate surface area is 147 Å². The molecule has 0 radical (unpaired) electrons. The number of fused-ring (bicyclic) bond motifs is 1. The van der Waals surface area contributed by atoms with Crippen molar-refractivity contribution in [1.29, 1.82) is 0 Å². The summed E-state index contributed by atoms with van der Waals surface area (Å²) in [6.07, 6.45) is -0.238. The summed E-state index contributed by atoms with van der Waals surface area (Å²) in [5.41, 5.74) is 0.524. The lowest BCUT2D eigenvalue weighted by Crippen LogP contribution is -2.09. The number of benzene rings is 1. The SMILES string of the molecule is Cc1nc(Oc2ccc3c(cc(C)n3C(=O)O)c2F)cc(S(C)(=O)=O)n1. The molecule has 2 heterocycles. The molecule has 26 heavy (non-hydrogen) atoms. The molecular weight excluding hydrogens is 365 g/mol. The highest BCUT2D eigenvalue weighted by Crippen LogP contribution is 2.31. The fourth-order valence-electron chi connectivity index (χ4n) is 2.56. The maximum absolute atomic E-state index is 14.8. The van der Waals surface area contributed by atoms with Crippen LogP contribution >= 0.6 is 0 Å². The Morgan fingerprint density at radius 3 is 2.54 bits per heavy atom. The Balaban J connectivity index is 2.09. The number of halogens is 1. The van der Waals surface area contributed by atoms with Crippen LogP contribution in [0.25, 0.3) is 10.9 Å². The number of hydrogen-bond acceptors (Lipinski definition) is 6. The van der Waals surface area contributed by atoms with Gasteiger partial charge < -0.3 is 9.84 Å². The van der Waals surface area contributed by atoms with E-state index in [0.29, 0.717) is 5.69 Å². The number of nitrogens with zero attached hydrogens (tertiary/aromatic N) is 3. The zero-order valence-electron chi connectivity index (χ0n) is 14.0. The molecule has 2 aromatic heterocycles. The van der Waals surface area contributed by atoms with Gasteiger partial charge in [0.25, 0.3) is 0 Å². The van der Waals surface area contributed by atoms with Crippen LogP contribution in [0.1, 0.15) is 11.5 Å². The van der Waals surface area contributed by atoms with Gasteiger partial charge in [-0.2, -0.15) is 4.98 Å². The van der Waals surface area contributed by atoms with E-state index in [4.69, 9.17) is 4.74 Å². The predicted octanol–water partition coefficient (Wildman–Crippen LogP) is 2.91. The number of sulfone groups is 1. The quantitative estimate of drug-likeness (QED) is 0.696. The van der Waals surface area contributed by atoms with Gasteiger partial charge >= 0.3 is 6.09 Å². The molecule has 0 saturated heterocycles. The topological polar surface area (TPSA) is 111 Å². The van der Waals surface area contributed by atoms with Crippen LogP contribution in [0, 0.1) is 19.7 Å². The molecule has 0 unspecified atom stereocenters. The van der Waals surface area contributed by atoms with Gasteiger partial charge in [-0.3, -0.25) is 0 Å². The Morgan fingerprint density at radius 1 is 1.23 bits per heavy atom. The molecule has 10 heteroatoms. The predicted molar refractivity (Wildman–Crippen MR) is 90.0 cm³/mol. The van der Waals surface area contributed by atoms with E-state index in [1.807, 2.05) is 0 Å². The summed E-state index contributed by atoms with van der Waals surface area (Å²) in [7, 11) is -3.59. The van der Waals surface area contributed by atoms with E-state index < -0.39 is 21.7 Å². The first-order valence-corrected chi connectivity index (χ1v) is 9.24. The molecule has 0 saturated carbocycles. The van der Waals surface area contributed by atoms with E-state index in [9.17, 15) is 22.7 Å². The van der Waals surface area contributed by atoms with Gasteiger partial charge in [-0.1, -0.05) is 0 Å². The fraction of sp³-hybridized carbons (Fsp3) is 0.188. The van der Waals surface area contributed by atoms with E-state index in [1.54, 1.807) is 6.92 Å². The van der Waals surface area contributed by atoms with E-state index in [-0.39, 0.29) is 33.4 Å². The number of aromatic nitrogens is 3. The molecule has 0 aliphatic rings. The lowest BCUT2D eigenvalue weighted by molar-refractivity contribution is 0.197. The van der Waals surface area contributed by atoms with Gasteiger partial charge in [-0.05, 0) is 32.0 Å². The van der Waals surface area contributed by atoms with Crippen molar-refractivity contribution in [1.82, 2.24) is 14.5 Å². The van der Waals surface area contributed by atoms with Crippen LogP contribution in [0.5, 0.6) is 11.6 Å². The van der Waals surface area contributed by atoms with Crippen molar-refractivity contribution in [2.24, 2.45) is 0 Å². The monoisotopic (exact) mass is 379 g/mol. The average molecular weight is 379 g/mol. The second-order valence-electron chi connectivity index (χ2n) is 5.68. The molecule has 0 spiro atoms. The third-order valence-electron chi connectivity index (χ3n) is 3.64. The van der Waals surface area contributed by atoms with Crippen molar-refractivity contribution >= 4 is 26.8 Å². The van der Waals surface area contributed by atoms with Gasteiger partial charge in [0, 0.05) is 23.4 Å². The van der Waals surface area contributed by atoms with Crippen molar-refractivity contribution in [3.8, 4) is 11.6 Å². The highest BCUT2D eigenvalue weighted by atomic mass is 32.2. The highest BCUT2D eigenvalue weighted by molar-refractivity contribution is 7.90. The molecule has 0 aliphatic heterocycles. The van der Waals surface area contributed by atoms with Gasteiger partial charge in [0.2, 0.25) is 5.88 Å². The summed E-state index contributed by atoms with van der Waals surface area (Å²) in [5.74, 6) is -0.969. The maximum Gasteiger partial charge on any atom is 0.416 e. The number of rotatable bonds is 3. The number of hydrogen-bond donors (Lipinski definition) is 1. The minimum Gasteiger partial charge on any atom is -0.464 e. The van der Waals surface area contributed by atoms with Gasteiger partial charge in [-0.15, -0.1) is 0 Å². The number of carbonyl (C=O) groups is 1. The van der Waals surface area contributed by atoms with Gasteiger partial charge in [0.15, 0.2) is 26.4 Å². The molecule has 3 aromatic rings. The van der Waals surface area contributed by atoms with Crippen molar-refractivity contribution in [2.75, 3.05) is 6.26 Å². The van der Waals surface area contributed by atoms with Crippen LogP contribution in [-0.4, -0.2) is 40.4 Å². The highest BCUT2D eigenvalue weighted by Gasteiger charge is 2.19. The molecule has 3 rings (SSSR count). The zero-order valence-corrected chi connectivity index (χ0v) is 14.8. The lowest BCUT2D eigenvalue weighted by Gasteiger charge is -2.09. The molecule has 0 fully saturated rings. The summed E-state index contributed by atoms with van der Waals surface area (Å²) in [5, 5.41) is 9.05. The molecular formula is C16H14FN3O5S. The number of carboxylic acid groups (broad SMARTS) is 1. The summed E-state index contributed by atoms with van der Waals surface area (Å²) >= 11 is 0. The molecule has 136 valence electrons. The first kappa shape index (κ1) is 17.8. The Kier molecular flexibility index (Phi) is 4.15. The Hall–Kier alpha value is -3.01. The lowest BCUT2D eigenvalue weighted by atomic mass is 10.2. The molecule has 1 N–H and O–H groups in total. The van der Waals surface area contributed by atoms with E-state index in [2.05, 4.69) is 9.97 Å². The van der Waals surface area contributed by atoms with Crippen LogP contribution < -0.4 is 4.74 Å². The first-order chi connectivity index (χ1) is 12.1. The minimum atomic E-state index is -3.59.